The highest BCUT2D eigenvalue weighted by Crippen LogP contribution is 2.39. The number of hydrogen-bond donors (Lipinski definition) is 1. The van der Waals surface area contributed by atoms with Crippen LogP contribution < -0.4 is 4.74 Å². The molecule has 1 N–H and O–H groups in total. The molecule has 0 saturated heterocycles. The largest absolute Gasteiger partial charge is 0.494 e. The van der Waals surface area contributed by atoms with E-state index in [1.54, 1.807) is 11.8 Å². The Labute approximate surface area is 163 Å². The van der Waals surface area contributed by atoms with Gasteiger partial charge in [-0.2, -0.15) is 11.8 Å². The first-order valence-corrected chi connectivity index (χ1v) is 10.7. The number of para-hydroxylation sites is 1. The molecule has 1 aliphatic rings. The molecule has 0 fully saturated rings. The van der Waals surface area contributed by atoms with Gasteiger partial charge in [0.1, 0.15) is 5.75 Å². The Bertz CT molecular complexity index is 949. The van der Waals surface area contributed by atoms with Crippen molar-refractivity contribution in [2.45, 2.75) is 19.4 Å². The number of benzene rings is 2. The minimum absolute atomic E-state index is 0.0866. The van der Waals surface area contributed by atoms with E-state index in [0.717, 1.165) is 35.5 Å². The van der Waals surface area contributed by atoms with Crippen molar-refractivity contribution >= 4 is 28.6 Å². The zero-order chi connectivity index (χ0) is 18.8. The van der Waals surface area contributed by atoms with E-state index in [2.05, 4.69) is 35.3 Å². The summed E-state index contributed by atoms with van der Waals surface area (Å²) in [5.41, 5.74) is 4.72. The van der Waals surface area contributed by atoms with E-state index < -0.39 is 0 Å². The highest BCUT2D eigenvalue weighted by atomic mass is 32.2. The third kappa shape index (κ3) is 3.32. The summed E-state index contributed by atoms with van der Waals surface area (Å²) in [6.45, 7) is 3.37. The first-order valence-electron chi connectivity index (χ1n) is 9.33. The molecule has 2 heterocycles. The summed E-state index contributed by atoms with van der Waals surface area (Å²) in [7, 11) is 0. The smallest absolute Gasteiger partial charge is 0.233 e. The van der Waals surface area contributed by atoms with Gasteiger partial charge < -0.3 is 14.6 Å². The van der Waals surface area contributed by atoms with Crippen molar-refractivity contribution in [3.63, 3.8) is 0 Å². The van der Waals surface area contributed by atoms with Crippen LogP contribution in [0.4, 0.5) is 0 Å². The summed E-state index contributed by atoms with van der Waals surface area (Å²) < 4.78 is 5.59. The summed E-state index contributed by atoms with van der Waals surface area (Å²) in [6.07, 6.45) is 2.86. The van der Waals surface area contributed by atoms with Crippen LogP contribution in [0.1, 0.15) is 29.8 Å². The van der Waals surface area contributed by atoms with E-state index in [-0.39, 0.29) is 11.9 Å². The molecule has 2 aromatic carbocycles. The Kier molecular flexibility index (Phi) is 5.12. The predicted octanol–water partition coefficient (Wildman–Crippen LogP) is 4.40. The van der Waals surface area contributed by atoms with Crippen LogP contribution in [0.2, 0.25) is 0 Å². The number of carbonyl (C=O) groups excluding carboxylic acids is 1. The normalized spacial score (nSPS) is 16.4. The molecule has 1 amide bonds. The Hall–Kier alpha value is -2.40. The summed E-state index contributed by atoms with van der Waals surface area (Å²) in [6, 6.07) is 16.5. The van der Waals surface area contributed by atoms with Crippen molar-refractivity contribution in [2.24, 2.45) is 0 Å². The minimum atomic E-state index is -0.0866. The van der Waals surface area contributed by atoms with Gasteiger partial charge in [0.15, 0.2) is 0 Å². The molecule has 0 saturated carbocycles. The minimum Gasteiger partial charge on any atom is -0.494 e. The fourth-order valence-electron chi connectivity index (χ4n) is 3.98. The van der Waals surface area contributed by atoms with E-state index in [1.165, 1.54) is 10.9 Å². The Morgan fingerprint density at radius 3 is 2.74 bits per heavy atom. The van der Waals surface area contributed by atoms with Crippen molar-refractivity contribution in [3.8, 4) is 5.75 Å². The number of nitrogens with zero attached hydrogens (tertiary/aromatic N) is 1. The number of thioether (sulfide) groups is 1. The fourth-order valence-corrected chi connectivity index (χ4v) is 4.39. The van der Waals surface area contributed by atoms with Crippen LogP contribution in [-0.4, -0.2) is 41.0 Å². The molecule has 0 spiro atoms. The summed E-state index contributed by atoms with van der Waals surface area (Å²) in [5.74, 6) is 1.55. The molecule has 1 atom stereocenters. The van der Waals surface area contributed by atoms with Gasteiger partial charge >= 0.3 is 0 Å². The number of rotatable bonds is 5. The van der Waals surface area contributed by atoms with E-state index in [4.69, 9.17) is 4.74 Å². The Morgan fingerprint density at radius 1 is 1.22 bits per heavy atom. The van der Waals surface area contributed by atoms with E-state index in [0.29, 0.717) is 12.4 Å². The second-order valence-corrected chi connectivity index (χ2v) is 7.60. The first kappa shape index (κ1) is 18.0. The van der Waals surface area contributed by atoms with Crippen molar-refractivity contribution in [1.82, 2.24) is 9.88 Å². The molecule has 4 nitrogen and oxygen atoms in total. The van der Waals surface area contributed by atoms with Gasteiger partial charge in [-0.1, -0.05) is 30.3 Å². The lowest BCUT2D eigenvalue weighted by Crippen LogP contribution is -2.41. The fraction of sp³-hybridized carbons (Fsp3) is 0.318. The third-order valence-electron chi connectivity index (χ3n) is 5.13. The Balaban J connectivity index is 1.81. The molecule has 0 radical (unpaired) electrons. The number of carbonyl (C=O) groups is 1. The molecular formula is C22H24N2O2S. The average Bonchev–Trinajstić information content (AvgIpc) is 3.07. The van der Waals surface area contributed by atoms with Crippen LogP contribution in [0.15, 0.2) is 48.5 Å². The molecule has 140 valence electrons. The van der Waals surface area contributed by atoms with Crippen LogP contribution in [0.5, 0.6) is 5.75 Å². The summed E-state index contributed by atoms with van der Waals surface area (Å²) in [4.78, 5) is 18.5. The second-order valence-electron chi connectivity index (χ2n) is 6.74. The van der Waals surface area contributed by atoms with Crippen LogP contribution in [-0.2, 0) is 11.2 Å². The molecule has 1 aliphatic heterocycles. The maximum atomic E-state index is 12.8. The van der Waals surface area contributed by atoms with Crippen molar-refractivity contribution in [3.05, 3.63) is 65.4 Å². The quantitative estimate of drug-likeness (QED) is 0.713. The van der Waals surface area contributed by atoms with Gasteiger partial charge in [0, 0.05) is 23.1 Å². The van der Waals surface area contributed by atoms with Crippen molar-refractivity contribution < 1.29 is 9.53 Å². The molecule has 0 bridgehead atoms. The first-order chi connectivity index (χ1) is 13.2. The topological polar surface area (TPSA) is 45.3 Å². The van der Waals surface area contributed by atoms with E-state index >= 15 is 0 Å². The number of fused-ring (bicyclic) bond motifs is 3. The van der Waals surface area contributed by atoms with Gasteiger partial charge in [0.2, 0.25) is 5.91 Å². The number of aromatic amines is 1. The molecule has 27 heavy (non-hydrogen) atoms. The number of nitrogens with one attached hydrogen (secondary N) is 1. The number of ether oxygens (including phenoxy) is 1. The standard InChI is InChI=1S/C22H24N2O2S/c1-3-26-16-10-8-15(9-11-16)22-21-18(12-13-24(22)20(25)14-27-2)17-6-4-5-7-19(17)23-21/h4-11,22-23H,3,12-14H2,1-2H3. The summed E-state index contributed by atoms with van der Waals surface area (Å²) in [5, 5.41) is 1.26. The van der Waals surface area contributed by atoms with Crippen LogP contribution in [0, 0.1) is 0 Å². The lowest BCUT2D eigenvalue weighted by molar-refractivity contribution is -0.130. The van der Waals surface area contributed by atoms with Crippen LogP contribution in [0.25, 0.3) is 10.9 Å². The molecular weight excluding hydrogens is 356 g/mol. The highest BCUT2D eigenvalue weighted by molar-refractivity contribution is 7.99. The molecule has 1 aromatic heterocycles. The van der Waals surface area contributed by atoms with Gasteiger partial charge in [0.05, 0.1) is 18.4 Å². The predicted molar refractivity (Wildman–Crippen MR) is 112 cm³/mol. The van der Waals surface area contributed by atoms with Crippen LogP contribution in [0.3, 0.4) is 0 Å². The number of H-pyrrole nitrogens is 1. The molecule has 5 heteroatoms. The lowest BCUT2D eigenvalue weighted by Gasteiger charge is -2.36. The van der Waals surface area contributed by atoms with Crippen LogP contribution >= 0.6 is 11.8 Å². The number of hydrogen-bond acceptors (Lipinski definition) is 3. The van der Waals surface area contributed by atoms with Gasteiger partial charge in [-0.05, 0) is 48.9 Å². The molecule has 3 aromatic rings. The van der Waals surface area contributed by atoms with Gasteiger partial charge in [-0.15, -0.1) is 0 Å². The summed E-state index contributed by atoms with van der Waals surface area (Å²) >= 11 is 1.57. The number of amides is 1. The van der Waals surface area contributed by atoms with E-state index in [1.807, 2.05) is 36.3 Å². The Morgan fingerprint density at radius 2 is 2.00 bits per heavy atom. The van der Waals surface area contributed by atoms with Gasteiger partial charge in [-0.3, -0.25) is 4.79 Å². The van der Waals surface area contributed by atoms with Gasteiger partial charge in [-0.25, -0.2) is 0 Å². The maximum Gasteiger partial charge on any atom is 0.233 e. The highest BCUT2D eigenvalue weighted by Gasteiger charge is 2.34. The second kappa shape index (κ2) is 7.69. The molecule has 0 aliphatic carbocycles. The van der Waals surface area contributed by atoms with E-state index in [9.17, 15) is 4.79 Å². The van der Waals surface area contributed by atoms with Crippen molar-refractivity contribution in [2.75, 3.05) is 25.2 Å². The average molecular weight is 381 g/mol. The zero-order valence-corrected chi connectivity index (χ0v) is 16.5. The zero-order valence-electron chi connectivity index (χ0n) is 15.7. The van der Waals surface area contributed by atoms with Crippen molar-refractivity contribution in [1.29, 1.82) is 0 Å². The maximum absolute atomic E-state index is 12.8. The van der Waals surface area contributed by atoms with Gasteiger partial charge in [0.25, 0.3) is 0 Å². The SMILES string of the molecule is CCOc1ccc(C2c3[nH]c4ccccc4c3CCN2C(=O)CSC)cc1. The molecule has 1 unspecified atom stereocenters. The number of aromatic nitrogens is 1. The molecule has 4 rings (SSSR count). The lowest BCUT2D eigenvalue weighted by atomic mass is 9.92. The third-order valence-corrected chi connectivity index (χ3v) is 5.67. The monoisotopic (exact) mass is 380 g/mol.